The number of furan rings is 1. The number of amides is 1. The predicted octanol–water partition coefficient (Wildman–Crippen LogP) is 4.80. The Morgan fingerprint density at radius 2 is 2.00 bits per heavy atom. The molecule has 5 aromatic rings. The number of aliphatic hydroxyl groups excluding tert-OH is 1. The number of imidazole rings is 1. The van der Waals surface area contributed by atoms with Gasteiger partial charge in [-0.1, -0.05) is 24.3 Å². The smallest absolute Gasteiger partial charge is 0.296 e. The van der Waals surface area contributed by atoms with Gasteiger partial charge in [-0.15, -0.1) is 0 Å². The molecule has 3 aromatic heterocycles. The molecule has 0 saturated carbocycles. The van der Waals surface area contributed by atoms with Gasteiger partial charge in [0.1, 0.15) is 6.04 Å². The zero-order valence-electron chi connectivity index (χ0n) is 19.4. The van der Waals surface area contributed by atoms with Crippen LogP contribution in [0, 0.1) is 6.92 Å². The monoisotopic (exact) mass is 480 g/mol. The molecule has 4 heterocycles. The van der Waals surface area contributed by atoms with E-state index in [0.29, 0.717) is 27.9 Å². The number of Topliss-reactive ketones (excluding diaryl/α,β-unsaturated/α-hetero) is 1. The van der Waals surface area contributed by atoms with E-state index in [-0.39, 0.29) is 17.3 Å². The highest BCUT2D eigenvalue weighted by Crippen LogP contribution is 2.41. The van der Waals surface area contributed by atoms with E-state index in [4.69, 9.17) is 9.15 Å². The minimum atomic E-state index is -1.03. The minimum absolute atomic E-state index is 0.0353. The molecule has 1 amide bonds. The van der Waals surface area contributed by atoms with Crippen molar-refractivity contribution >= 4 is 39.6 Å². The number of ketones is 1. The number of para-hydroxylation sites is 1. The number of benzene rings is 2. The van der Waals surface area contributed by atoms with Crippen LogP contribution in [0.2, 0.25) is 0 Å². The summed E-state index contributed by atoms with van der Waals surface area (Å²) < 4.78 is 11.2. The zero-order chi connectivity index (χ0) is 25.0. The third-order valence-electron chi connectivity index (χ3n) is 6.23. The molecule has 178 valence electrons. The fourth-order valence-corrected chi connectivity index (χ4v) is 4.54. The van der Waals surface area contributed by atoms with Crippen LogP contribution in [0.4, 0.5) is 5.95 Å². The molecular formula is C27H20N4O5. The number of aromatic amines is 1. The first-order valence-corrected chi connectivity index (χ1v) is 11.2. The van der Waals surface area contributed by atoms with Crippen LogP contribution in [-0.2, 0) is 4.79 Å². The number of methoxy groups -OCH3 is 1. The third-order valence-corrected chi connectivity index (χ3v) is 6.23. The standard InChI is InChI=1S/C27H20N4O5/c1-14-9-10-16-18(12-14)30-27(29-16)31-22(17-7-3-4-11-28-17)21(24(33)26(31)34)23(32)20-13-15-6-5-8-19(35-2)25(15)36-20/h3-13,22,33H,1-2H3,(H,29,30). The van der Waals surface area contributed by atoms with Gasteiger partial charge in [-0.05, 0) is 48.9 Å². The van der Waals surface area contributed by atoms with E-state index in [1.165, 1.54) is 12.0 Å². The van der Waals surface area contributed by atoms with Gasteiger partial charge in [0.15, 0.2) is 22.9 Å². The van der Waals surface area contributed by atoms with Gasteiger partial charge in [0.05, 0.1) is 29.4 Å². The van der Waals surface area contributed by atoms with E-state index in [9.17, 15) is 14.7 Å². The third kappa shape index (κ3) is 3.24. The maximum absolute atomic E-state index is 13.8. The molecule has 0 fully saturated rings. The van der Waals surface area contributed by atoms with Crippen molar-refractivity contribution in [3.8, 4) is 5.75 Å². The average Bonchev–Trinajstić information content (AvgIpc) is 3.58. The van der Waals surface area contributed by atoms with Crippen LogP contribution < -0.4 is 9.64 Å². The maximum atomic E-state index is 13.8. The number of pyridine rings is 1. The molecule has 2 aromatic carbocycles. The van der Waals surface area contributed by atoms with E-state index in [1.807, 2.05) is 25.1 Å². The van der Waals surface area contributed by atoms with Crippen molar-refractivity contribution in [1.29, 1.82) is 0 Å². The molecule has 2 N–H and O–H groups in total. The highest BCUT2D eigenvalue weighted by Gasteiger charge is 2.47. The SMILES string of the molecule is COc1cccc2cc(C(=O)C3=C(O)C(=O)N(c4nc5ccc(C)cc5[nH]4)C3c3ccccn3)oc12. The summed E-state index contributed by atoms with van der Waals surface area (Å²) in [6, 6.07) is 16.6. The van der Waals surface area contributed by atoms with Gasteiger partial charge in [-0.3, -0.25) is 19.5 Å². The fraction of sp³-hybridized carbons (Fsp3) is 0.111. The number of aliphatic hydroxyl groups is 1. The lowest BCUT2D eigenvalue weighted by atomic mass is 9.98. The summed E-state index contributed by atoms with van der Waals surface area (Å²) in [5.41, 5.74) is 3.03. The summed E-state index contributed by atoms with van der Waals surface area (Å²) in [5.74, 6) is -1.46. The van der Waals surface area contributed by atoms with Crippen LogP contribution in [0.5, 0.6) is 5.75 Å². The summed E-state index contributed by atoms with van der Waals surface area (Å²) in [5, 5.41) is 11.6. The van der Waals surface area contributed by atoms with Crippen LogP contribution >= 0.6 is 0 Å². The summed E-state index contributed by atoms with van der Waals surface area (Å²) in [6.45, 7) is 1.95. The molecule has 0 bridgehead atoms. The van der Waals surface area contributed by atoms with Crippen LogP contribution in [0.1, 0.15) is 27.9 Å². The second-order valence-electron chi connectivity index (χ2n) is 8.49. The van der Waals surface area contributed by atoms with Crippen molar-refractivity contribution in [3.63, 3.8) is 0 Å². The van der Waals surface area contributed by atoms with Gasteiger partial charge in [0.25, 0.3) is 5.91 Å². The second kappa shape index (κ2) is 8.09. The molecule has 0 saturated heterocycles. The molecule has 1 atom stereocenters. The number of fused-ring (bicyclic) bond motifs is 2. The molecule has 9 heteroatoms. The molecule has 9 nitrogen and oxygen atoms in total. The highest BCUT2D eigenvalue weighted by atomic mass is 16.5. The van der Waals surface area contributed by atoms with Crippen molar-refractivity contribution in [1.82, 2.24) is 15.0 Å². The van der Waals surface area contributed by atoms with Crippen molar-refractivity contribution in [2.24, 2.45) is 0 Å². The molecule has 36 heavy (non-hydrogen) atoms. The Balaban J connectivity index is 1.50. The van der Waals surface area contributed by atoms with Crippen molar-refractivity contribution in [2.75, 3.05) is 12.0 Å². The predicted molar refractivity (Wildman–Crippen MR) is 132 cm³/mol. The Kier molecular flexibility index (Phi) is 4.85. The van der Waals surface area contributed by atoms with Crippen molar-refractivity contribution < 1.29 is 23.8 Å². The van der Waals surface area contributed by atoms with Crippen LogP contribution in [0.3, 0.4) is 0 Å². The maximum Gasteiger partial charge on any atom is 0.296 e. The number of nitrogens with zero attached hydrogens (tertiary/aromatic N) is 3. The Labute approximate surface area is 204 Å². The Morgan fingerprint density at radius 1 is 1.14 bits per heavy atom. The highest BCUT2D eigenvalue weighted by molar-refractivity contribution is 6.20. The number of anilines is 1. The zero-order valence-corrected chi connectivity index (χ0v) is 19.4. The van der Waals surface area contributed by atoms with E-state index in [0.717, 1.165) is 11.1 Å². The molecule has 0 aliphatic carbocycles. The Morgan fingerprint density at radius 3 is 2.78 bits per heavy atom. The van der Waals surface area contributed by atoms with E-state index >= 15 is 0 Å². The Hall–Kier alpha value is -4.92. The van der Waals surface area contributed by atoms with E-state index in [2.05, 4.69) is 15.0 Å². The summed E-state index contributed by atoms with van der Waals surface area (Å²) in [4.78, 5) is 40.5. The van der Waals surface area contributed by atoms with Crippen molar-refractivity contribution in [3.05, 3.63) is 95.2 Å². The van der Waals surface area contributed by atoms with Crippen LogP contribution in [0.15, 0.2) is 82.6 Å². The number of carbonyl (C=O) groups excluding carboxylic acids is 2. The van der Waals surface area contributed by atoms with Gasteiger partial charge < -0.3 is 19.2 Å². The van der Waals surface area contributed by atoms with Gasteiger partial charge >= 0.3 is 0 Å². The van der Waals surface area contributed by atoms with Gasteiger partial charge in [-0.2, -0.15) is 0 Å². The van der Waals surface area contributed by atoms with Crippen LogP contribution in [0.25, 0.3) is 22.0 Å². The number of aromatic nitrogens is 3. The molecule has 0 spiro atoms. The molecule has 1 unspecified atom stereocenters. The van der Waals surface area contributed by atoms with Gasteiger partial charge in [-0.25, -0.2) is 4.98 Å². The van der Waals surface area contributed by atoms with Crippen LogP contribution in [-0.4, -0.2) is 38.9 Å². The largest absolute Gasteiger partial charge is 0.503 e. The lowest BCUT2D eigenvalue weighted by Gasteiger charge is -2.23. The average molecular weight is 480 g/mol. The Bertz CT molecular complexity index is 1700. The minimum Gasteiger partial charge on any atom is -0.503 e. The van der Waals surface area contributed by atoms with Gasteiger partial charge in [0, 0.05) is 11.6 Å². The summed E-state index contributed by atoms with van der Waals surface area (Å²) >= 11 is 0. The molecule has 6 rings (SSSR count). The molecule has 0 radical (unpaired) electrons. The quantitative estimate of drug-likeness (QED) is 0.346. The first-order chi connectivity index (χ1) is 17.5. The first kappa shape index (κ1) is 21.6. The number of rotatable bonds is 5. The summed E-state index contributed by atoms with van der Waals surface area (Å²) in [7, 11) is 1.51. The topological polar surface area (TPSA) is 122 Å². The number of aryl methyl sites for hydroxylation is 1. The normalized spacial score (nSPS) is 15.9. The van der Waals surface area contributed by atoms with Gasteiger partial charge in [0.2, 0.25) is 11.7 Å². The number of carbonyl (C=O) groups is 2. The first-order valence-electron chi connectivity index (χ1n) is 11.2. The number of H-pyrrole nitrogens is 1. The summed E-state index contributed by atoms with van der Waals surface area (Å²) in [6.07, 6.45) is 1.56. The number of hydrogen-bond donors (Lipinski definition) is 2. The number of ether oxygens (including phenoxy) is 1. The van der Waals surface area contributed by atoms with Crippen molar-refractivity contribution in [2.45, 2.75) is 13.0 Å². The fourth-order valence-electron chi connectivity index (χ4n) is 4.54. The molecule has 1 aliphatic rings. The number of nitrogens with one attached hydrogen (secondary N) is 1. The lowest BCUT2D eigenvalue weighted by molar-refractivity contribution is -0.117. The lowest BCUT2D eigenvalue weighted by Crippen LogP contribution is -2.32. The van der Waals surface area contributed by atoms with E-state index in [1.54, 1.807) is 48.7 Å². The number of hydrogen-bond acceptors (Lipinski definition) is 7. The van der Waals surface area contributed by atoms with E-state index < -0.39 is 23.5 Å². The second-order valence-corrected chi connectivity index (χ2v) is 8.49. The molecular weight excluding hydrogens is 460 g/mol. The molecule has 1 aliphatic heterocycles.